The summed E-state index contributed by atoms with van der Waals surface area (Å²) in [6.07, 6.45) is 2.89. The van der Waals surface area contributed by atoms with Crippen molar-refractivity contribution in [3.8, 4) is 0 Å². The van der Waals surface area contributed by atoms with Gasteiger partial charge < -0.3 is 5.11 Å². The van der Waals surface area contributed by atoms with Crippen molar-refractivity contribution in [3.05, 3.63) is 10.6 Å². The Balaban J connectivity index is 2.19. The van der Waals surface area contributed by atoms with E-state index in [-0.39, 0.29) is 6.10 Å². The quantitative estimate of drug-likeness (QED) is 0.775. The summed E-state index contributed by atoms with van der Waals surface area (Å²) in [4.78, 5) is 0.986. The predicted octanol–water partition coefficient (Wildman–Crippen LogP) is 1.54. The highest BCUT2D eigenvalue weighted by Gasteiger charge is 2.33. The van der Waals surface area contributed by atoms with Gasteiger partial charge in [0, 0.05) is 0 Å². The minimum atomic E-state index is -0.292. The smallest absolute Gasteiger partial charge is 0.0945 e. The number of aromatic nitrogens is 2. The second kappa shape index (κ2) is 3.11. The highest BCUT2D eigenvalue weighted by Crippen LogP contribution is 2.42. The Hall–Kier alpha value is -0.480. The van der Waals surface area contributed by atoms with Gasteiger partial charge in [-0.3, -0.25) is 0 Å². The van der Waals surface area contributed by atoms with E-state index in [9.17, 15) is 5.11 Å². The van der Waals surface area contributed by atoms with Gasteiger partial charge in [-0.2, -0.15) is 0 Å². The normalized spacial score (nSPS) is 19.5. The average Bonchev–Trinajstić information content (AvgIpc) is 2.82. The first kappa shape index (κ1) is 8.13. The average molecular weight is 184 g/mol. The molecule has 0 aliphatic heterocycles. The Morgan fingerprint density at radius 2 is 2.42 bits per heavy atom. The number of aliphatic hydroxyl groups is 1. The summed E-state index contributed by atoms with van der Waals surface area (Å²) in [5.41, 5.74) is 0.972. The Kier molecular flexibility index (Phi) is 2.11. The second-order valence-corrected chi connectivity index (χ2v) is 4.01. The molecule has 2 rings (SSSR count). The molecule has 1 N–H and O–H groups in total. The molecule has 1 aromatic rings. The van der Waals surface area contributed by atoms with E-state index in [4.69, 9.17) is 0 Å². The fraction of sp³-hybridized carbons (Fsp3) is 0.750. The van der Waals surface area contributed by atoms with Gasteiger partial charge in [0.15, 0.2) is 0 Å². The van der Waals surface area contributed by atoms with Crippen LogP contribution in [0, 0.1) is 5.92 Å². The van der Waals surface area contributed by atoms with Crippen LogP contribution in [-0.2, 0) is 6.42 Å². The van der Waals surface area contributed by atoms with Gasteiger partial charge in [0.2, 0.25) is 0 Å². The predicted molar refractivity (Wildman–Crippen MR) is 47.0 cm³/mol. The van der Waals surface area contributed by atoms with Crippen LogP contribution in [0.15, 0.2) is 0 Å². The lowest BCUT2D eigenvalue weighted by Gasteiger charge is -2.05. The molecule has 1 saturated carbocycles. The maximum Gasteiger partial charge on any atom is 0.0945 e. The third-order valence-corrected chi connectivity index (χ3v) is 3.09. The molecule has 0 bridgehead atoms. The molecule has 66 valence electrons. The van der Waals surface area contributed by atoms with Crippen molar-refractivity contribution in [2.75, 3.05) is 0 Å². The molecule has 3 nitrogen and oxygen atoms in total. The van der Waals surface area contributed by atoms with Crippen molar-refractivity contribution >= 4 is 11.5 Å². The SMILES string of the molecule is CCc1nnsc1C(O)C1CC1. The van der Waals surface area contributed by atoms with Gasteiger partial charge in [-0.1, -0.05) is 11.4 Å². The molecule has 12 heavy (non-hydrogen) atoms. The topological polar surface area (TPSA) is 46.0 Å². The fourth-order valence-corrected chi connectivity index (χ4v) is 2.13. The first-order valence-corrected chi connectivity index (χ1v) is 5.09. The summed E-state index contributed by atoms with van der Waals surface area (Å²) >= 11 is 1.34. The molecule has 1 atom stereocenters. The largest absolute Gasteiger partial charge is 0.387 e. The summed E-state index contributed by atoms with van der Waals surface area (Å²) in [6.45, 7) is 2.04. The molecule has 1 heterocycles. The van der Waals surface area contributed by atoms with Gasteiger partial charge in [-0.25, -0.2) is 0 Å². The molecule has 0 aromatic carbocycles. The van der Waals surface area contributed by atoms with Gasteiger partial charge >= 0.3 is 0 Å². The van der Waals surface area contributed by atoms with Crippen molar-refractivity contribution in [2.24, 2.45) is 5.92 Å². The Morgan fingerprint density at radius 1 is 1.67 bits per heavy atom. The Morgan fingerprint density at radius 3 is 3.00 bits per heavy atom. The van der Waals surface area contributed by atoms with E-state index in [1.54, 1.807) is 0 Å². The number of hydrogen-bond donors (Lipinski definition) is 1. The standard InChI is InChI=1S/C8H12N2OS/c1-2-6-8(12-10-9-6)7(11)5-3-4-5/h5,7,11H,2-4H2,1H3. The zero-order valence-corrected chi connectivity index (χ0v) is 7.84. The van der Waals surface area contributed by atoms with E-state index in [2.05, 4.69) is 9.59 Å². The zero-order valence-electron chi connectivity index (χ0n) is 7.03. The molecule has 1 unspecified atom stereocenters. The Labute approximate surface area is 75.6 Å². The molecule has 1 aliphatic rings. The third kappa shape index (κ3) is 1.36. The van der Waals surface area contributed by atoms with Crippen LogP contribution in [0.4, 0.5) is 0 Å². The number of aryl methyl sites for hydroxylation is 1. The van der Waals surface area contributed by atoms with Gasteiger partial charge in [0.05, 0.1) is 16.7 Å². The van der Waals surface area contributed by atoms with E-state index < -0.39 is 0 Å². The molecular weight excluding hydrogens is 172 g/mol. The molecule has 1 fully saturated rings. The maximum atomic E-state index is 9.79. The monoisotopic (exact) mass is 184 g/mol. The first-order chi connectivity index (χ1) is 5.83. The number of aliphatic hydroxyl groups excluding tert-OH is 1. The van der Waals surface area contributed by atoms with Gasteiger partial charge in [0.25, 0.3) is 0 Å². The summed E-state index contributed by atoms with van der Waals surface area (Å²) < 4.78 is 3.86. The zero-order chi connectivity index (χ0) is 8.55. The van der Waals surface area contributed by atoms with Crippen LogP contribution in [0.3, 0.4) is 0 Å². The highest BCUT2D eigenvalue weighted by molar-refractivity contribution is 7.05. The van der Waals surface area contributed by atoms with Crippen LogP contribution in [0.5, 0.6) is 0 Å². The van der Waals surface area contributed by atoms with E-state index in [1.165, 1.54) is 11.5 Å². The van der Waals surface area contributed by atoms with Crippen LogP contribution in [0.25, 0.3) is 0 Å². The number of rotatable bonds is 3. The lowest BCUT2D eigenvalue weighted by Crippen LogP contribution is -2.00. The summed E-state index contributed by atoms with van der Waals surface area (Å²) in [5.74, 6) is 0.484. The van der Waals surface area contributed by atoms with Crippen molar-refractivity contribution in [2.45, 2.75) is 32.3 Å². The van der Waals surface area contributed by atoms with E-state index in [0.717, 1.165) is 29.8 Å². The third-order valence-electron chi connectivity index (χ3n) is 2.26. The second-order valence-electron chi connectivity index (χ2n) is 3.22. The van der Waals surface area contributed by atoms with E-state index in [1.807, 2.05) is 6.92 Å². The summed E-state index contributed by atoms with van der Waals surface area (Å²) in [7, 11) is 0. The summed E-state index contributed by atoms with van der Waals surface area (Å²) in [6, 6.07) is 0. The molecule has 0 amide bonds. The lowest BCUT2D eigenvalue weighted by atomic mass is 10.1. The van der Waals surface area contributed by atoms with E-state index >= 15 is 0 Å². The van der Waals surface area contributed by atoms with Crippen molar-refractivity contribution in [1.29, 1.82) is 0 Å². The fourth-order valence-electron chi connectivity index (χ4n) is 1.31. The van der Waals surface area contributed by atoms with Gasteiger partial charge in [-0.05, 0) is 36.7 Å². The van der Waals surface area contributed by atoms with Crippen molar-refractivity contribution in [1.82, 2.24) is 9.59 Å². The molecule has 4 heteroatoms. The van der Waals surface area contributed by atoms with Crippen LogP contribution >= 0.6 is 11.5 Å². The minimum Gasteiger partial charge on any atom is -0.387 e. The van der Waals surface area contributed by atoms with E-state index in [0.29, 0.717) is 5.92 Å². The molecule has 0 radical (unpaired) electrons. The maximum absolute atomic E-state index is 9.79. The van der Waals surface area contributed by atoms with Crippen LogP contribution < -0.4 is 0 Å². The molecule has 1 aliphatic carbocycles. The first-order valence-electron chi connectivity index (χ1n) is 4.32. The molecule has 1 aromatic heterocycles. The van der Waals surface area contributed by atoms with Gasteiger partial charge in [-0.15, -0.1) is 5.10 Å². The lowest BCUT2D eigenvalue weighted by molar-refractivity contribution is 0.156. The summed E-state index contributed by atoms with van der Waals surface area (Å²) in [5, 5.41) is 13.8. The van der Waals surface area contributed by atoms with Crippen LogP contribution in [0.2, 0.25) is 0 Å². The highest BCUT2D eigenvalue weighted by atomic mass is 32.1. The van der Waals surface area contributed by atoms with Crippen LogP contribution in [0.1, 0.15) is 36.4 Å². The Bertz CT molecular complexity index is 270. The molecular formula is C8H12N2OS. The van der Waals surface area contributed by atoms with Gasteiger partial charge in [0.1, 0.15) is 0 Å². The van der Waals surface area contributed by atoms with Crippen LogP contribution in [-0.4, -0.2) is 14.7 Å². The minimum absolute atomic E-state index is 0.292. The molecule has 0 saturated heterocycles. The number of nitrogens with zero attached hydrogens (tertiary/aromatic N) is 2. The molecule has 0 spiro atoms. The van der Waals surface area contributed by atoms with Crippen molar-refractivity contribution < 1.29 is 5.11 Å². The van der Waals surface area contributed by atoms with Crippen molar-refractivity contribution in [3.63, 3.8) is 0 Å². The number of hydrogen-bond acceptors (Lipinski definition) is 4.